The summed E-state index contributed by atoms with van der Waals surface area (Å²) >= 11 is 6.19. The lowest BCUT2D eigenvalue weighted by Crippen LogP contribution is -2.54. The van der Waals surface area contributed by atoms with Gasteiger partial charge in [-0.05, 0) is 60.7 Å². The van der Waals surface area contributed by atoms with E-state index in [-0.39, 0.29) is 30.6 Å². The summed E-state index contributed by atoms with van der Waals surface area (Å²) in [6.45, 7) is 1.18. The van der Waals surface area contributed by atoms with Crippen molar-refractivity contribution in [1.82, 2.24) is 10.2 Å². The standard InChI is InChI=1S/C31H35ClFN3O4S/c1-22-12-15-25(32)19-28(22)36(41(2,39)40)21-30(37)35(20-24-13-16-26(33)17-14-24)29(18-23-8-4-3-5-9-23)31(38)34-27-10-6-7-11-27/h3-5,8-9,12-17,19,27,29H,6-7,10-11,18,20-21H2,1-2H3,(H,34,38). The first-order valence-electron chi connectivity index (χ1n) is 13.6. The molecule has 1 N–H and O–H groups in total. The van der Waals surface area contributed by atoms with Crippen LogP contribution in [-0.4, -0.2) is 50.0 Å². The molecule has 218 valence electrons. The Hall–Kier alpha value is -3.43. The van der Waals surface area contributed by atoms with Crippen molar-refractivity contribution in [3.8, 4) is 0 Å². The maximum absolute atomic E-state index is 14.1. The van der Waals surface area contributed by atoms with E-state index in [1.807, 2.05) is 30.3 Å². The SMILES string of the molecule is Cc1ccc(Cl)cc1N(CC(=O)N(Cc1ccc(F)cc1)C(Cc1ccccc1)C(=O)NC1CCCC1)S(C)(=O)=O. The van der Waals surface area contributed by atoms with Crippen LogP contribution in [0.5, 0.6) is 0 Å². The van der Waals surface area contributed by atoms with Gasteiger partial charge in [-0.25, -0.2) is 12.8 Å². The molecule has 3 aromatic rings. The van der Waals surface area contributed by atoms with Gasteiger partial charge in [0, 0.05) is 24.0 Å². The third kappa shape index (κ3) is 8.30. The van der Waals surface area contributed by atoms with Crippen molar-refractivity contribution in [2.24, 2.45) is 0 Å². The highest BCUT2D eigenvalue weighted by atomic mass is 35.5. The molecule has 0 heterocycles. The number of amides is 2. The minimum Gasteiger partial charge on any atom is -0.352 e. The van der Waals surface area contributed by atoms with Gasteiger partial charge < -0.3 is 10.2 Å². The van der Waals surface area contributed by atoms with Gasteiger partial charge in [-0.15, -0.1) is 0 Å². The van der Waals surface area contributed by atoms with Crippen LogP contribution < -0.4 is 9.62 Å². The molecule has 0 radical (unpaired) electrons. The summed E-state index contributed by atoms with van der Waals surface area (Å²) < 4.78 is 40.7. The maximum Gasteiger partial charge on any atom is 0.244 e. The summed E-state index contributed by atoms with van der Waals surface area (Å²) in [6.07, 6.45) is 5.03. The molecule has 1 saturated carbocycles. The molecule has 0 spiro atoms. The molecule has 1 aliphatic carbocycles. The van der Waals surface area contributed by atoms with Gasteiger partial charge in [0.15, 0.2) is 0 Å². The highest BCUT2D eigenvalue weighted by Gasteiger charge is 2.34. The fraction of sp³-hybridized carbons (Fsp3) is 0.355. The Morgan fingerprint density at radius 2 is 1.66 bits per heavy atom. The molecule has 0 aromatic heterocycles. The van der Waals surface area contributed by atoms with Crippen LogP contribution in [0.15, 0.2) is 72.8 Å². The molecular formula is C31H35ClFN3O4S. The van der Waals surface area contributed by atoms with Gasteiger partial charge in [0.05, 0.1) is 11.9 Å². The van der Waals surface area contributed by atoms with Crippen molar-refractivity contribution in [1.29, 1.82) is 0 Å². The van der Waals surface area contributed by atoms with Crippen LogP contribution >= 0.6 is 11.6 Å². The van der Waals surface area contributed by atoms with Crippen LogP contribution in [0.3, 0.4) is 0 Å². The maximum atomic E-state index is 14.1. The van der Waals surface area contributed by atoms with Gasteiger partial charge in [0.25, 0.3) is 0 Å². The van der Waals surface area contributed by atoms with Crippen LogP contribution in [0, 0.1) is 12.7 Å². The van der Waals surface area contributed by atoms with Crippen LogP contribution in [-0.2, 0) is 32.6 Å². The molecule has 10 heteroatoms. The average Bonchev–Trinajstić information content (AvgIpc) is 3.44. The first kappa shape index (κ1) is 30.5. The number of aryl methyl sites for hydroxylation is 1. The van der Waals surface area contributed by atoms with Crippen molar-refractivity contribution < 1.29 is 22.4 Å². The average molecular weight is 600 g/mol. The van der Waals surface area contributed by atoms with Gasteiger partial charge >= 0.3 is 0 Å². The molecular weight excluding hydrogens is 565 g/mol. The normalized spacial score (nSPS) is 14.4. The fourth-order valence-corrected chi connectivity index (χ4v) is 6.22. The monoisotopic (exact) mass is 599 g/mol. The lowest BCUT2D eigenvalue weighted by atomic mass is 10.0. The number of nitrogens with one attached hydrogen (secondary N) is 1. The number of rotatable bonds is 11. The van der Waals surface area contributed by atoms with E-state index in [2.05, 4.69) is 5.32 Å². The number of anilines is 1. The van der Waals surface area contributed by atoms with Crippen molar-refractivity contribution in [2.75, 3.05) is 17.1 Å². The molecule has 1 fully saturated rings. The van der Waals surface area contributed by atoms with Gasteiger partial charge in [-0.3, -0.25) is 13.9 Å². The summed E-state index contributed by atoms with van der Waals surface area (Å²) in [4.78, 5) is 29.4. The number of hydrogen-bond donors (Lipinski definition) is 1. The Morgan fingerprint density at radius 1 is 1.00 bits per heavy atom. The van der Waals surface area contributed by atoms with E-state index in [1.54, 1.807) is 31.2 Å². The minimum atomic E-state index is -3.91. The van der Waals surface area contributed by atoms with E-state index < -0.39 is 34.3 Å². The summed E-state index contributed by atoms with van der Waals surface area (Å²) in [7, 11) is -3.91. The quantitative estimate of drug-likeness (QED) is 0.326. The first-order chi connectivity index (χ1) is 19.5. The third-order valence-corrected chi connectivity index (χ3v) is 8.72. The van der Waals surface area contributed by atoms with E-state index in [9.17, 15) is 22.4 Å². The number of halogens is 2. The zero-order valence-electron chi connectivity index (χ0n) is 23.2. The highest BCUT2D eigenvalue weighted by molar-refractivity contribution is 7.92. The smallest absolute Gasteiger partial charge is 0.244 e. The Bertz CT molecular complexity index is 1460. The topological polar surface area (TPSA) is 86.8 Å². The van der Waals surface area contributed by atoms with Crippen molar-refractivity contribution in [3.05, 3.63) is 100 Å². The molecule has 0 aliphatic heterocycles. The first-order valence-corrected chi connectivity index (χ1v) is 15.9. The summed E-state index contributed by atoms with van der Waals surface area (Å²) in [5.41, 5.74) is 2.36. The van der Waals surface area contributed by atoms with E-state index in [0.717, 1.165) is 41.8 Å². The van der Waals surface area contributed by atoms with Crippen LogP contribution in [0.4, 0.5) is 10.1 Å². The molecule has 2 amide bonds. The Kier molecular flexibility index (Phi) is 10.0. The molecule has 1 atom stereocenters. The van der Waals surface area contributed by atoms with Gasteiger partial charge in [0.2, 0.25) is 21.8 Å². The Morgan fingerprint density at radius 3 is 2.29 bits per heavy atom. The second-order valence-corrected chi connectivity index (χ2v) is 12.9. The van der Waals surface area contributed by atoms with Crippen molar-refractivity contribution >= 4 is 39.1 Å². The molecule has 3 aromatic carbocycles. The van der Waals surface area contributed by atoms with Gasteiger partial charge in [-0.2, -0.15) is 0 Å². The number of carbonyl (C=O) groups excluding carboxylic acids is 2. The second-order valence-electron chi connectivity index (χ2n) is 10.5. The molecule has 4 rings (SSSR count). The summed E-state index contributed by atoms with van der Waals surface area (Å²) in [5.74, 6) is -1.30. The van der Waals surface area contributed by atoms with E-state index in [1.165, 1.54) is 23.1 Å². The molecule has 41 heavy (non-hydrogen) atoms. The molecule has 1 unspecified atom stereocenters. The van der Waals surface area contributed by atoms with E-state index >= 15 is 0 Å². The lowest BCUT2D eigenvalue weighted by molar-refractivity contribution is -0.140. The number of sulfonamides is 1. The molecule has 1 aliphatic rings. The van der Waals surface area contributed by atoms with E-state index in [0.29, 0.717) is 16.1 Å². The molecule has 0 bridgehead atoms. The summed E-state index contributed by atoms with van der Waals surface area (Å²) in [6, 6.07) is 19.0. The highest BCUT2D eigenvalue weighted by Crippen LogP contribution is 2.27. The number of benzene rings is 3. The summed E-state index contributed by atoms with van der Waals surface area (Å²) in [5, 5.41) is 3.45. The number of nitrogens with zero attached hydrogens (tertiary/aromatic N) is 2. The van der Waals surface area contributed by atoms with Crippen LogP contribution in [0.1, 0.15) is 42.4 Å². The minimum absolute atomic E-state index is 0.0131. The molecule has 0 saturated heterocycles. The Balaban J connectivity index is 1.74. The number of hydrogen-bond acceptors (Lipinski definition) is 4. The largest absolute Gasteiger partial charge is 0.352 e. The van der Waals surface area contributed by atoms with Gasteiger partial charge in [-0.1, -0.05) is 73.0 Å². The zero-order valence-corrected chi connectivity index (χ0v) is 24.8. The third-order valence-electron chi connectivity index (χ3n) is 7.36. The van der Waals surface area contributed by atoms with Crippen molar-refractivity contribution in [3.63, 3.8) is 0 Å². The van der Waals surface area contributed by atoms with Gasteiger partial charge in [0.1, 0.15) is 18.4 Å². The molecule has 7 nitrogen and oxygen atoms in total. The number of carbonyl (C=O) groups is 2. The Labute approximate surface area is 246 Å². The second kappa shape index (κ2) is 13.5. The fourth-order valence-electron chi connectivity index (χ4n) is 5.15. The van der Waals surface area contributed by atoms with Crippen LogP contribution in [0.25, 0.3) is 0 Å². The predicted octanol–water partition coefficient (Wildman–Crippen LogP) is 5.25. The zero-order chi connectivity index (χ0) is 29.6. The predicted molar refractivity (Wildman–Crippen MR) is 160 cm³/mol. The van der Waals surface area contributed by atoms with Crippen molar-refractivity contribution in [2.45, 2.75) is 57.7 Å². The van der Waals surface area contributed by atoms with Crippen LogP contribution in [0.2, 0.25) is 5.02 Å². The van der Waals surface area contributed by atoms with E-state index in [4.69, 9.17) is 11.6 Å². The lowest BCUT2D eigenvalue weighted by Gasteiger charge is -2.34.